The molecular formula is C15H24ClN5. The molecule has 0 unspecified atom stereocenters. The van der Waals surface area contributed by atoms with Crippen LogP contribution in [0.4, 0.5) is 5.69 Å². The highest BCUT2D eigenvalue weighted by Crippen LogP contribution is 2.27. The van der Waals surface area contributed by atoms with Crippen LogP contribution in [0.3, 0.4) is 0 Å². The first kappa shape index (κ1) is 16.1. The number of benzene rings is 1. The van der Waals surface area contributed by atoms with Crippen molar-refractivity contribution in [3.8, 4) is 0 Å². The molecule has 1 fully saturated rings. The molecule has 1 aliphatic heterocycles. The van der Waals surface area contributed by atoms with Crippen LogP contribution in [0, 0.1) is 5.41 Å². The van der Waals surface area contributed by atoms with Gasteiger partial charge in [0.1, 0.15) is 5.84 Å². The molecule has 0 spiro atoms. The van der Waals surface area contributed by atoms with Crippen LogP contribution in [0.15, 0.2) is 18.2 Å². The SMILES string of the molecule is CN(C)CCN1CCN(c2ccc(C(=N)N)cc2Cl)CC1. The Hall–Kier alpha value is -1.30. The molecule has 116 valence electrons. The van der Waals surface area contributed by atoms with E-state index in [1.165, 1.54) is 0 Å². The number of piperazine rings is 1. The number of rotatable bonds is 5. The molecule has 1 heterocycles. The highest BCUT2D eigenvalue weighted by atomic mass is 35.5. The lowest BCUT2D eigenvalue weighted by molar-refractivity contribution is 0.229. The van der Waals surface area contributed by atoms with E-state index in [0.717, 1.165) is 45.0 Å². The summed E-state index contributed by atoms with van der Waals surface area (Å²) >= 11 is 6.33. The number of amidine groups is 1. The molecule has 0 amide bonds. The third-order valence-corrected chi connectivity index (χ3v) is 4.14. The van der Waals surface area contributed by atoms with Gasteiger partial charge in [-0.05, 0) is 32.3 Å². The van der Waals surface area contributed by atoms with E-state index in [2.05, 4.69) is 28.8 Å². The van der Waals surface area contributed by atoms with Gasteiger partial charge in [-0.3, -0.25) is 10.3 Å². The number of nitrogens with one attached hydrogen (secondary N) is 1. The maximum Gasteiger partial charge on any atom is 0.122 e. The van der Waals surface area contributed by atoms with Crippen LogP contribution in [0.1, 0.15) is 5.56 Å². The van der Waals surface area contributed by atoms with Crippen molar-refractivity contribution in [2.45, 2.75) is 0 Å². The van der Waals surface area contributed by atoms with Gasteiger partial charge in [-0.25, -0.2) is 0 Å². The van der Waals surface area contributed by atoms with Gasteiger partial charge in [0.05, 0.1) is 10.7 Å². The maximum absolute atomic E-state index is 7.45. The Labute approximate surface area is 131 Å². The fourth-order valence-electron chi connectivity index (χ4n) is 2.48. The van der Waals surface area contributed by atoms with Crippen LogP contribution in [0.25, 0.3) is 0 Å². The number of nitrogens with two attached hydrogens (primary N) is 1. The number of hydrogen-bond acceptors (Lipinski definition) is 4. The molecule has 6 heteroatoms. The van der Waals surface area contributed by atoms with Gasteiger partial charge in [-0.15, -0.1) is 0 Å². The topological polar surface area (TPSA) is 59.6 Å². The minimum atomic E-state index is 0.0527. The van der Waals surface area contributed by atoms with Gasteiger partial charge >= 0.3 is 0 Å². The first-order valence-corrected chi connectivity index (χ1v) is 7.61. The van der Waals surface area contributed by atoms with Gasteiger partial charge in [0, 0.05) is 44.8 Å². The first-order chi connectivity index (χ1) is 9.97. The van der Waals surface area contributed by atoms with E-state index >= 15 is 0 Å². The van der Waals surface area contributed by atoms with Gasteiger partial charge in [0.25, 0.3) is 0 Å². The molecule has 0 atom stereocenters. The normalized spacial score (nSPS) is 16.5. The molecule has 21 heavy (non-hydrogen) atoms. The predicted octanol–water partition coefficient (Wildman–Crippen LogP) is 1.31. The molecule has 1 aromatic carbocycles. The standard InChI is InChI=1S/C15H24ClN5/c1-19(2)5-6-20-7-9-21(10-8-20)14-4-3-12(15(17)18)11-13(14)16/h3-4,11H,5-10H2,1-2H3,(H3,17,18). The quantitative estimate of drug-likeness (QED) is 0.636. The zero-order valence-corrected chi connectivity index (χ0v) is 13.5. The van der Waals surface area contributed by atoms with E-state index in [0.29, 0.717) is 10.6 Å². The molecule has 0 aliphatic carbocycles. The van der Waals surface area contributed by atoms with Crippen molar-refractivity contribution in [2.75, 3.05) is 58.3 Å². The summed E-state index contributed by atoms with van der Waals surface area (Å²) in [6.07, 6.45) is 0. The van der Waals surface area contributed by atoms with E-state index in [9.17, 15) is 0 Å². The zero-order valence-electron chi connectivity index (χ0n) is 12.8. The number of hydrogen-bond donors (Lipinski definition) is 2. The molecule has 5 nitrogen and oxygen atoms in total. The lowest BCUT2D eigenvalue weighted by atomic mass is 10.1. The summed E-state index contributed by atoms with van der Waals surface area (Å²) in [5, 5.41) is 8.12. The molecule has 0 aromatic heterocycles. The molecule has 1 saturated heterocycles. The number of likely N-dealkylation sites (N-methyl/N-ethyl adjacent to an activating group) is 1. The molecule has 1 aliphatic rings. The van der Waals surface area contributed by atoms with E-state index in [1.54, 1.807) is 6.07 Å². The number of halogens is 1. The molecule has 0 bridgehead atoms. The van der Waals surface area contributed by atoms with E-state index < -0.39 is 0 Å². The largest absolute Gasteiger partial charge is 0.384 e. The highest BCUT2D eigenvalue weighted by Gasteiger charge is 2.19. The first-order valence-electron chi connectivity index (χ1n) is 7.23. The van der Waals surface area contributed by atoms with E-state index in [4.69, 9.17) is 22.7 Å². The van der Waals surface area contributed by atoms with Crippen LogP contribution < -0.4 is 10.6 Å². The Morgan fingerprint density at radius 1 is 1.29 bits per heavy atom. The van der Waals surface area contributed by atoms with Crippen LogP contribution in [-0.4, -0.2) is 69.0 Å². The van der Waals surface area contributed by atoms with Crippen molar-refractivity contribution in [1.29, 1.82) is 5.41 Å². The molecule has 1 aromatic rings. The number of nitrogens with zero attached hydrogens (tertiary/aromatic N) is 3. The second-order valence-corrected chi connectivity index (χ2v) is 6.12. The highest BCUT2D eigenvalue weighted by molar-refractivity contribution is 6.33. The average Bonchev–Trinajstić information content (AvgIpc) is 2.45. The van der Waals surface area contributed by atoms with E-state index in [1.807, 2.05) is 12.1 Å². The third-order valence-electron chi connectivity index (χ3n) is 3.84. The Morgan fingerprint density at radius 3 is 2.48 bits per heavy atom. The van der Waals surface area contributed by atoms with Crippen molar-refractivity contribution in [1.82, 2.24) is 9.80 Å². The zero-order chi connectivity index (χ0) is 15.4. The van der Waals surface area contributed by atoms with Crippen LogP contribution in [0.5, 0.6) is 0 Å². The molecule has 0 saturated carbocycles. The van der Waals surface area contributed by atoms with Crippen LogP contribution in [-0.2, 0) is 0 Å². The van der Waals surface area contributed by atoms with Gasteiger partial charge in [0.2, 0.25) is 0 Å². The average molecular weight is 310 g/mol. The van der Waals surface area contributed by atoms with Crippen molar-refractivity contribution in [3.05, 3.63) is 28.8 Å². The summed E-state index contributed by atoms with van der Waals surface area (Å²) < 4.78 is 0. The van der Waals surface area contributed by atoms with Gasteiger partial charge < -0.3 is 15.5 Å². The molecular weight excluding hydrogens is 286 g/mol. The summed E-state index contributed by atoms with van der Waals surface area (Å²) in [6.45, 7) is 6.27. The summed E-state index contributed by atoms with van der Waals surface area (Å²) in [4.78, 5) is 7.00. The van der Waals surface area contributed by atoms with Crippen molar-refractivity contribution < 1.29 is 0 Å². The molecule has 3 N–H and O–H groups in total. The second kappa shape index (κ2) is 7.11. The van der Waals surface area contributed by atoms with Gasteiger partial charge in [-0.1, -0.05) is 11.6 Å². The number of anilines is 1. The number of nitrogen functional groups attached to an aromatic ring is 1. The Morgan fingerprint density at radius 2 is 1.95 bits per heavy atom. The minimum absolute atomic E-state index is 0.0527. The van der Waals surface area contributed by atoms with Crippen molar-refractivity contribution in [2.24, 2.45) is 5.73 Å². The monoisotopic (exact) mass is 309 g/mol. The maximum atomic E-state index is 7.45. The van der Waals surface area contributed by atoms with Crippen LogP contribution in [0.2, 0.25) is 5.02 Å². The summed E-state index contributed by atoms with van der Waals surface area (Å²) in [5.41, 5.74) is 7.20. The minimum Gasteiger partial charge on any atom is -0.384 e. The Bertz CT molecular complexity index is 495. The lowest BCUT2D eigenvalue weighted by Crippen LogP contribution is -2.48. The summed E-state index contributed by atoms with van der Waals surface area (Å²) in [7, 11) is 4.21. The fourth-order valence-corrected chi connectivity index (χ4v) is 2.78. The summed E-state index contributed by atoms with van der Waals surface area (Å²) in [6, 6.07) is 5.61. The predicted molar refractivity (Wildman–Crippen MR) is 89.7 cm³/mol. The lowest BCUT2D eigenvalue weighted by Gasteiger charge is -2.37. The smallest absolute Gasteiger partial charge is 0.122 e. The molecule has 0 radical (unpaired) electrons. The van der Waals surface area contributed by atoms with Crippen molar-refractivity contribution in [3.63, 3.8) is 0 Å². The fraction of sp³-hybridized carbons (Fsp3) is 0.533. The second-order valence-electron chi connectivity index (χ2n) is 5.71. The molecule has 2 rings (SSSR count). The third kappa shape index (κ3) is 4.33. The van der Waals surface area contributed by atoms with Crippen LogP contribution >= 0.6 is 11.6 Å². The Kier molecular flexibility index (Phi) is 5.45. The van der Waals surface area contributed by atoms with E-state index in [-0.39, 0.29) is 5.84 Å². The summed E-state index contributed by atoms with van der Waals surface area (Å²) in [5.74, 6) is 0.0527. The Balaban J connectivity index is 1.94. The van der Waals surface area contributed by atoms with Gasteiger partial charge in [0.15, 0.2) is 0 Å². The van der Waals surface area contributed by atoms with Gasteiger partial charge in [-0.2, -0.15) is 0 Å². The van der Waals surface area contributed by atoms with Crippen molar-refractivity contribution >= 4 is 23.1 Å².